The fraction of sp³-hybridized carbons (Fsp3) is 0.588. The van der Waals surface area contributed by atoms with Crippen molar-refractivity contribution in [3.8, 4) is 0 Å². The maximum Gasteiger partial charge on any atom is 0.313 e. The molecule has 0 radical (unpaired) electrons. The van der Waals surface area contributed by atoms with Crippen LogP contribution in [0.25, 0.3) is 0 Å². The van der Waals surface area contributed by atoms with E-state index in [-0.39, 0.29) is 11.6 Å². The first-order chi connectivity index (χ1) is 11.0. The van der Waals surface area contributed by atoms with Gasteiger partial charge in [-0.1, -0.05) is 26.2 Å². The number of pyridine rings is 1. The van der Waals surface area contributed by atoms with Gasteiger partial charge >= 0.3 is 11.8 Å². The van der Waals surface area contributed by atoms with Crippen molar-refractivity contribution in [1.29, 1.82) is 0 Å². The summed E-state index contributed by atoms with van der Waals surface area (Å²) in [5.74, 6) is -0.670. The average Bonchev–Trinajstić information content (AvgIpc) is 2.56. The molecule has 0 bridgehead atoms. The monoisotopic (exact) mass is 319 g/mol. The predicted octanol–water partition coefficient (Wildman–Crippen LogP) is 1.89. The Morgan fingerprint density at radius 3 is 2.70 bits per heavy atom. The molecule has 6 heteroatoms. The van der Waals surface area contributed by atoms with Crippen molar-refractivity contribution in [3.63, 3.8) is 0 Å². The van der Waals surface area contributed by atoms with Crippen LogP contribution in [0.3, 0.4) is 0 Å². The molecule has 1 fully saturated rings. The molecule has 126 valence electrons. The molecule has 1 aromatic rings. The Kier molecular flexibility index (Phi) is 5.96. The summed E-state index contributed by atoms with van der Waals surface area (Å²) in [5.41, 5.74) is 0.310. The smallest absolute Gasteiger partial charge is 0.313 e. The summed E-state index contributed by atoms with van der Waals surface area (Å²) < 4.78 is 1.47. The van der Waals surface area contributed by atoms with Gasteiger partial charge in [0, 0.05) is 24.8 Å². The average molecular weight is 319 g/mol. The van der Waals surface area contributed by atoms with E-state index in [4.69, 9.17) is 0 Å². The maximum absolute atomic E-state index is 12.0. The number of aryl methyl sites for hydroxylation is 1. The zero-order chi connectivity index (χ0) is 16.8. The number of rotatable bonds is 4. The van der Waals surface area contributed by atoms with Crippen molar-refractivity contribution in [2.75, 3.05) is 5.32 Å². The van der Waals surface area contributed by atoms with Crippen LogP contribution in [-0.2, 0) is 16.1 Å². The highest BCUT2D eigenvalue weighted by atomic mass is 16.2. The van der Waals surface area contributed by atoms with Crippen LogP contribution in [0, 0.1) is 5.92 Å². The molecule has 2 atom stereocenters. The molecule has 2 rings (SSSR count). The highest BCUT2D eigenvalue weighted by molar-refractivity contribution is 6.39. The molecule has 2 N–H and O–H groups in total. The van der Waals surface area contributed by atoms with Crippen molar-refractivity contribution >= 4 is 17.5 Å². The third-order valence-electron chi connectivity index (χ3n) is 4.48. The second kappa shape index (κ2) is 7.94. The zero-order valence-corrected chi connectivity index (χ0v) is 13.8. The number of hydrogen-bond donors (Lipinski definition) is 2. The van der Waals surface area contributed by atoms with E-state index in [1.54, 1.807) is 6.20 Å². The Morgan fingerprint density at radius 2 is 2.00 bits per heavy atom. The van der Waals surface area contributed by atoms with Crippen LogP contribution in [0.2, 0.25) is 0 Å². The number of nitrogens with zero attached hydrogens (tertiary/aromatic N) is 1. The minimum Gasteiger partial charge on any atom is -0.345 e. The molecule has 6 nitrogen and oxygen atoms in total. The van der Waals surface area contributed by atoms with E-state index in [9.17, 15) is 14.4 Å². The summed E-state index contributed by atoms with van der Waals surface area (Å²) in [6, 6.07) is 2.97. The third-order valence-corrected chi connectivity index (χ3v) is 4.48. The molecule has 0 spiro atoms. The van der Waals surface area contributed by atoms with E-state index in [0.29, 0.717) is 18.2 Å². The molecule has 1 aromatic heterocycles. The first-order valence-corrected chi connectivity index (χ1v) is 8.35. The number of nitrogens with one attached hydrogen (secondary N) is 2. The maximum atomic E-state index is 12.0. The Labute approximate surface area is 136 Å². The first-order valence-electron chi connectivity index (χ1n) is 8.35. The fourth-order valence-corrected chi connectivity index (χ4v) is 3.08. The van der Waals surface area contributed by atoms with Gasteiger partial charge in [-0.2, -0.15) is 0 Å². The molecule has 1 aliphatic rings. The Hall–Kier alpha value is -2.11. The molecule has 0 unspecified atom stereocenters. The highest BCUT2D eigenvalue weighted by Crippen LogP contribution is 2.26. The van der Waals surface area contributed by atoms with E-state index in [2.05, 4.69) is 17.6 Å². The van der Waals surface area contributed by atoms with Crippen LogP contribution >= 0.6 is 0 Å². The number of carbonyl (C=O) groups is 2. The van der Waals surface area contributed by atoms with E-state index in [1.165, 1.54) is 23.1 Å². The second-order valence-electron chi connectivity index (χ2n) is 6.11. The molecule has 0 saturated heterocycles. The lowest BCUT2D eigenvalue weighted by molar-refractivity contribution is -0.136. The van der Waals surface area contributed by atoms with Gasteiger partial charge in [-0.05, 0) is 31.7 Å². The molecule has 0 aliphatic heterocycles. The van der Waals surface area contributed by atoms with Crippen LogP contribution in [0.1, 0.15) is 46.0 Å². The van der Waals surface area contributed by atoms with E-state index < -0.39 is 11.8 Å². The van der Waals surface area contributed by atoms with E-state index in [1.807, 2.05) is 6.92 Å². The Bertz CT molecular complexity index is 624. The van der Waals surface area contributed by atoms with Gasteiger partial charge in [-0.15, -0.1) is 0 Å². The molecule has 0 aromatic carbocycles. The van der Waals surface area contributed by atoms with Gasteiger partial charge in [-0.25, -0.2) is 0 Å². The fourth-order valence-electron chi connectivity index (χ4n) is 3.08. The standard InChI is InChI=1S/C17H25N3O3/c1-3-12-6-5-7-13(10-12)18-16(22)17(23)19-14-8-9-15(21)20(4-2)11-14/h8-9,11-13H,3-7,10H2,1-2H3,(H,18,22)(H,19,23)/t12-,13-/m1/s1. The lowest BCUT2D eigenvalue weighted by Crippen LogP contribution is -2.43. The SMILES string of the molecule is CC[C@@H]1CCC[C@@H](NC(=O)C(=O)Nc2ccc(=O)n(CC)c2)C1. The quantitative estimate of drug-likeness (QED) is 0.832. The summed E-state index contributed by atoms with van der Waals surface area (Å²) in [6.45, 7) is 4.51. The van der Waals surface area contributed by atoms with Crippen LogP contribution in [0.4, 0.5) is 5.69 Å². The number of carbonyl (C=O) groups excluding carboxylic acids is 2. The van der Waals surface area contributed by atoms with Crippen molar-refractivity contribution in [1.82, 2.24) is 9.88 Å². The number of amides is 2. The summed E-state index contributed by atoms with van der Waals surface area (Å²) >= 11 is 0. The van der Waals surface area contributed by atoms with Gasteiger partial charge in [0.05, 0.1) is 5.69 Å². The van der Waals surface area contributed by atoms with E-state index >= 15 is 0 Å². The van der Waals surface area contributed by atoms with Crippen LogP contribution in [0.15, 0.2) is 23.1 Å². The summed E-state index contributed by atoms with van der Waals surface area (Å²) in [4.78, 5) is 35.6. The second-order valence-corrected chi connectivity index (χ2v) is 6.11. The van der Waals surface area contributed by atoms with Crippen molar-refractivity contribution in [2.45, 2.75) is 58.5 Å². The minimum atomic E-state index is -0.690. The van der Waals surface area contributed by atoms with E-state index in [0.717, 1.165) is 25.7 Å². The topological polar surface area (TPSA) is 80.2 Å². The molecule has 1 aliphatic carbocycles. The Balaban J connectivity index is 1.92. The minimum absolute atomic E-state index is 0.0801. The molecule has 1 saturated carbocycles. The number of hydrogen-bond acceptors (Lipinski definition) is 3. The number of aromatic nitrogens is 1. The normalized spacial score (nSPS) is 20.8. The van der Waals surface area contributed by atoms with Crippen LogP contribution in [0.5, 0.6) is 0 Å². The molecule has 2 amide bonds. The molecule has 1 heterocycles. The van der Waals surface area contributed by atoms with Gasteiger partial charge in [-0.3, -0.25) is 14.4 Å². The lowest BCUT2D eigenvalue weighted by Gasteiger charge is -2.28. The predicted molar refractivity (Wildman–Crippen MR) is 89.2 cm³/mol. The third kappa shape index (κ3) is 4.68. The van der Waals surface area contributed by atoms with Gasteiger partial charge in [0.2, 0.25) is 0 Å². The van der Waals surface area contributed by atoms with Crippen molar-refractivity contribution in [2.24, 2.45) is 5.92 Å². The zero-order valence-electron chi connectivity index (χ0n) is 13.8. The van der Waals surface area contributed by atoms with Crippen LogP contribution < -0.4 is 16.2 Å². The van der Waals surface area contributed by atoms with Gasteiger partial charge in [0.25, 0.3) is 5.56 Å². The largest absolute Gasteiger partial charge is 0.345 e. The van der Waals surface area contributed by atoms with Gasteiger partial charge in [0.1, 0.15) is 0 Å². The lowest BCUT2D eigenvalue weighted by atomic mass is 9.84. The number of anilines is 1. The summed E-state index contributed by atoms with van der Waals surface area (Å²) in [5, 5.41) is 5.37. The molecular weight excluding hydrogens is 294 g/mol. The Morgan fingerprint density at radius 1 is 1.22 bits per heavy atom. The first kappa shape index (κ1) is 17.2. The molecular formula is C17H25N3O3. The highest BCUT2D eigenvalue weighted by Gasteiger charge is 2.24. The summed E-state index contributed by atoms with van der Waals surface area (Å²) in [7, 11) is 0. The summed E-state index contributed by atoms with van der Waals surface area (Å²) in [6.07, 6.45) is 6.81. The molecule has 23 heavy (non-hydrogen) atoms. The van der Waals surface area contributed by atoms with Gasteiger partial charge < -0.3 is 15.2 Å². The van der Waals surface area contributed by atoms with Crippen molar-refractivity contribution in [3.05, 3.63) is 28.7 Å². The van der Waals surface area contributed by atoms with Gasteiger partial charge in [0.15, 0.2) is 0 Å². The van der Waals surface area contributed by atoms with Crippen molar-refractivity contribution < 1.29 is 9.59 Å². The van der Waals surface area contributed by atoms with Crippen LogP contribution in [-0.4, -0.2) is 22.4 Å².